The van der Waals surface area contributed by atoms with Crippen molar-refractivity contribution in [3.05, 3.63) is 34.9 Å². The van der Waals surface area contributed by atoms with Crippen molar-refractivity contribution in [2.75, 3.05) is 40.3 Å². The van der Waals surface area contributed by atoms with E-state index < -0.39 is 0 Å². The van der Waals surface area contributed by atoms with Gasteiger partial charge in [-0.25, -0.2) is 4.79 Å². The van der Waals surface area contributed by atoms with Gasteiger partial charge in [-0.1, -0.05) is 23.7 Å². The number of carbonyl (C=O) groups excluding carboxylic acids is 1. The van der Waals surface area contributed by atoms with Crippen molar-refractivity contribution in [2.45, 2.75) is 6.04 Å². The molecule has 1 saturated heterocycles. The Bertz CT molecular complexity index is 547. The van der Waals surface area contributed by atoms with Crippen LogP contribution in [0.5, 0.6) is 0 Å². The molecule has 0 aromatic heterocycles. The van der Waals surface area contributed by atoms with Crippen LogP contribution in [0.4, 0.5) is 4.79 Å². The van der Waals surface area contributed by atoms with Crippen LogP contribution in [0.3, 0.4) is 0 Å². The molecule has 1 heterocycles. The fourth-order valence-corrected chi connectivity index (χ4v) is 2.70. The topological polar surface area (TPSA) is 50.6 Å². The van der Waals surface area contributed by atoms with Crippen molar-refractivity contribution in [1.82, 2.24) is 14.7 Å². The zero-order valence-corrected chi connectivity index (χ0v) is 13.0. The van der Waals surface area contributed by atoms with Gasteiger partial charge >= 0.3 is 6.03 Å². The third-order valence-corrected chi connectivity index (χ3v) is 3.85. The van der Waals surface area contributed by atoms with Gasteiger partial charge in [0, 0.05) is 45.3 Å². The van der Waals surface area contributed by atoms with Gasteiger partial charge in [-0.2, -0.15) is 5.26 Å². The second-order valence-corrected chi connectivity index (χ2v) is 5.72. The van der Waals surface area contributed by atoms with Crippen molar-refractivity contribution in [3.63, 3.8) is 0 Å². The van der Waals surface area contributed by atoms with Gasteiger partial charge < -0.3 is 9.80 Å². The lowest BCUT2D eigenvalue weighted by Gasteiger charge is -2.37. The van der Waals surface area contributed by atoms with E-state index in [9.17, 15) is 10.1 Å². The number of amides is 2. The van der Waals surface area contributed by atoms with Gasteiger partial charge in [0.2, 0.25) is 0 Å². The second-order valence-electron chi connectivity index (χ2n) is 5.29. The van der Waals surface area contributed by atoms with E-state index in [0.717, 1.165) is 5.56 Å². The van der Waals surface area contributed by atoms with Crippen molar-refractivity contribution < 1.29 is 4.79 Å². The second kappa shape index (κ2) is 6.79. The molecular weight excluding hydrogens is 288 g/mol. The Morgan fingerprint density at radius 1 is 1.33 bits per heavy atom. The number of hydrogen-bond donors (Lipinski definition) is 0. The molecule has 1 unspecified atom stereocenters. The van der Waals surface area contributed by atoms with E-state index in [0.29, 0.717) is 31.2 Å². The first kappa shape index (κ1) is 15.6. The van der Waals surface area contributed by atoms with E-state index in [2.05, 4.69) is 11.0 Å². The number of benzene rings is 1. The van der Waals surface area contributed by atoms with Gasteiger partial charge in [0.25, 0.3) is 0 Å². The zero-order chi connectivity index (χ0) is 15.4. The van der Waals surface area contributed by atoms with E-state index in [-0.39, 0.29) is 12.1 Å². The van der Waals surface area contributed by atoms with Gasteiger partial charge in [0.05, 0.1) is 6.07 Å². The number of halogens is 1. The predicted octanol–water partition coefficient (Wildman–Crippen LogP) is 2.20. The minimum atomic E-state index is -0.319. The highest BCUT2D eigenvalue weighted by atomic mass is 35.5. The molecule has 1 fully saturated rings. The normalized spacial score (nSPS) is 17.1. The number of piperazine rings is 1. The summed E-state index contributed by atoms with van der Waals surface area (Å²) in [5.41, 5.74) is 0.900. The number of nitriles is 1. The monoisotopic (exact) mass is 306 g/mol. The summed E-state index contributed by atoms with van der Waals surface area (Å²) in [4.78, 5) is 17.4. The molecule has 112 valence electrons. The van der Waals surface area contributed by atoms with Crippen LogP contribution in [0, 0.1) is 11.3 Å². The molecule has 0 bridgehead atoms. The van der Waals surface area contributed by atoms with E-state index in [4.69, 9.17) is 11.6 Å². The maximum Gasteiger partial charge on any atom is 0.319 e. The first-order valence-corrected chi connectivity index (χ1v) is 7.26. The number of hydrogen-bond acceptors (Lipinski definition) is 3. The summed E-state index contributed by atoms with van der Waals surface area (Å²) < 4.78 is 0. The van der Waals surface area contributed by atoms with Gasteiger partial charge in [-0.05, 0) is 17.7 Å². The molecule has 1 atom stereocenters. The van der Waals surface area contributed by atoms with Gasteiger partial charge in [-0.15, -0.1) is 0 Å². The number of urea groups is 1. The Hall–Kier alpha value is -1.77. The molecule has 0 N–H and O–H groups in total. The largest absolute Gasteiger partial charge is 0.331 e. The average molecular weight is 307 g/mol. The maximum absolute atomic E-state index is 11.9. The molecule has 1 aromatic carbocycles. The predicted molar refractivity (Wildman–Crippen MR) is 82.0 cm³/mol. The van der Waals surface area contributed by atoms with Crippen molar-refractivity contribution in [3.8, 4) is 6.07 Å². The van der Waals surface area contributed by atoms with E-state index in [1.54, 1.807) is 25.1 Å². The van der Waals surface area contributed by atoms with Crippen LogP contribution < -0.4 is 0 Å². The van der Waals surface area contributed by atoms with Crippen molar-refractivity contribution >= 4 is 17.6 Å². The molecule has 6 heteroatoms. The highest BCUT2D eigenvalue weighted by Gasteiger charge is 2.27. The van der Waals surface area contributed by atoms with Crippen LogP contribution in [-0.2, 0) is 0 Å². The summed E-state index contributed by atoms with van der Waals surface area (Å²) in [6.45, 7) is 2.64. The minimum absolute atomic E-state index is 0.0194. The third-order valence-electron chi connectivity index (χ3n) is 3.62. The Morgan fingerprint density at radius 2 is 2.00 bits per heavy atom. The van der Waals surface area contributed by atoms with Crippen LogP contribution in [0.15, 0.2) is 24.3 Å². The smallest absolute Gasteiger partial charge is 0.319 e. The molecule has 5 nitrogen and oxygen atoms in total. The molecule has 1 aliphatic rings. The molecule has 0 spiro atoms. The molecule has 1 aromatic rings. The molecule has 2 rings (SSSR count). The molecule has 1 aliphatic heterocycles. The fraction of sp³-hybridized carbons (Fsp3) is 0.467. The summed E-state index contributed by atoms with van der Waals surface area (Å²) in [5, 5.41) is 10.1. The van der Waals surface area contributed by atoms with Crippen LogP contribution >= 0.6 is 11.6 Å². The first-order valence-electron chi connectivity index (χ1n) is 6.88. The summed E-state index contributed by atoms with van der Waals surface area (Å²) >= 11 is 6.00. The van der Waals surface area contributed by atoms with Gasteiger partial charge in [0.1, 0.15) is 6.04 Å². The highest BCUT2D eigenvalue weighted by Crippen LogP contribution is 2.24. The summed E-state index contributed by atoms with van der Waals surface area (Å²) in [6.07, 6.45) is 0. The van der Waals surface area contributed by atoms with Gasteiger partial charge in [0.15, 0.2) is 0 Å². The standard InChI is InChI=1S/C15H19ClN4O/c1-18(2)15(21)20-8-6-19(7-9-20)14(11-17)12-4-3-5-13(16)10-12/h3-5,10,14H,6-9H2,1-2H3. The lowest BCUT2D eigenvalue weighted by atomic mass is 10.1. The van der Waals surface area contributed by atoms with Gasteiger partial charge in [-0.3, -0.25) is 4.90 Å². The van der Waals surface area contributed by atoms with Crippen LogP contribution in [0.2, 0.25) is 5.02 Å². The maximum atomic E-state index is 11.9. The Kier molecular flexibility index (Phi) is 5.05. The average Bonchev–Trinajstić information content (AvgIpc) is 2.48. The summed E-state index contributed by atoms with van der Waals surface area (Å²) in [7, 11) is 3.50. The number of carbonyl (C=O) groups is 1. The lowest BCUT2D eigenvalue weighted by Crippen LogP contribution is -2.52. The van der Waals surface area contributed by atoms with Crippen LogP contribution in [0.1, 0.15) is 11.6 Å². The Labute approximate surface area is 130 Å². The number of nitrogens with zero attached hydrogens (tertiary/aromatic N) is 4. The first-order chi connectivity index (χ1) is 10.0. The third kappa shape index (κ3) is 3.66. The Balaban J connectivity index is 2.03. The number of rotatable bonds is 2. The van der Waals surface area contributed by atoms with E-state index in [1.807, 2.05) is 23.1 Å². The fourth-order valence-electron chi connectivity index (χ4n) is 2.50. The van der Waals surface area contributed by atoms with Crippen LogP contribution in [0.25, 0.3) is 0 Å². The minimum Gasteiger partial charge on any atom is -0.331 e. The van der Waals surface area contributed by atoms with Crippen molar-refractivity contribution in [1.29, 1.82) is 5.26 Å². The molecular formula is C15H19ClN4O. The van der Waals surface area contributed by atoms with Crippen LogP contribution in [-0.4, -0.2) is 61.0 Å². The molecule has 0 aliphatic carbocycles. The summed E-state index contributed by atoms with van der Waals surface area (Å²) in [5.74, 6) is 0. The van der Waals surface area contributed by atoms with E-state index >= 15 is 0 Å². The Morgan fingerprint density at radius 3 is 2.52 bits per heavy atom. The van der Waals surface area contributed by atoms with E-state index in [1.165, 1.54) is 0 Å². The highest BCUT2D eigenvalue weighted by molar-refractivity contribution is 6.30. The molecule has 0 saturated carbocycles. The molecule has 21 heavy (non-hydrogen) atoms. The molecule has 2 amide bonds. The quantitative estimate of drug-likeness (QED) is 0.841. The molecule has 0 radical (unpaired) electrons. The lowest BCUT2D eigenvalue weighted by molar-refractivity contribution is 0.111. The SMILES string of the molecule is CN(C)C(=O)N1CCN(C(C#N)c2cccc(Cl)c2)CC1. The zero-order valence-electron chi connectivity index (χ0n) is 12.3. The van der Waals surface area contributed by atoms with Crippen molar-refractivity contribution in [2.24, 2.45) is 0 Å². The summed E-state index contributed by atoms with van der Waals surface area (Å²) in [6, 6.07) is 9.43.